The fraction of sp³-hybridized carbons (Fsp3) is 0.696. The normalized spacial score (nSPS) is 14.1. The van der Waals surface area contributed by atoms with E-state index in [9.17, 15) is 28.9 Å². The first-order valence-corrected chi connectivity index (χ1v) is 28.0. The molecule has 390 valence electrons. The van der Waals surface area contributed by atoms with Crippen molar-refractivity contribution in [1.82, 2.24) is 0 Å². The summed E-state index contributed by atoms with van der Waals surface area (Å²) in [5.74, 6) is -1.54. The van der Waals surface area contributed by atoms with Gasteiger partial charge >= 0.3 is 25.7 Å². The minimum absolute atomic E-state index is 0.137. The minimum atomic E-state index is -4.76. The van der Waals surface area contributed by atoms with E-state index in [1.165, 1.54) is 25.7 Å². The lowest BCUT2D eigenvalue weighted by atomic mass is 10.1. The van der Waals surface area contributed by atoms with Crippen LogP contribution in [0, 0.1) is 0 Å². The number of aliphatic hydroxyl groups excluding tert-OH is 1. The zero-order valence-corrected chi connectivity index (χ0v) is 43.7. The Labute approximate surface area is 413 Å². The Morgan fingerprint density at radius 1 is 0.426 bits per heavy atom. The van der Waals surface area contributed by atoms with Gasteiger partial charge in [0, 0.05) is 19.3 Å². The summed E-state index contributed by atoms with van der Waals surface area (Å²) in [6, 6.07) is 0. The maximum Gasteiger partial charge on any atom is 0.472 e. The summed E-state index contributed by atoms with van der Waals surface area (Å²) in [6.45, 7) is 4.35. The standard InChI is InChI=1S/C56H95O11P/c1-4-7-10-13-16-19-22-25-26-29-32-35-38-41-44-47-56(60)67-53(49-63-54(58)45-42-39-36-33-30-27-23-20-17-14-11-8-5-2)51-65-68(61,62)64-50-52(48-57)66-55(59)46-43-40-37-34-31-28-24-21-18-15-12-9-6-3/h9,11-12,14,16,18-21,23,25-26,28,31,52-53,57H,4-8,10,13,15,17,22,24,27,29-30,32-51H2,1-3H3,(H,61,62)/b12-9-,14-11-,19-16-,21-18-,23-20-,26-25-,31-28-. The number of hydrogen-bond donors (Lipinski definition) is 2. The molecule has 0 rings (SSSR count). The van der Waals surface area contributed by atoms with Crippen LogP contribution < -0.4 is 0 Å². The number of phosphoric ester groups is 1. The third-order valence-electron chi connectivity index (χ3n) is 10.8. The van der Waals surface area contributed by atoms with Crippen molar-refractivity contribution in [1.29, 1.82) is 0 Å². The molecule has 0 radical (unpaired) electrons. The van der Waals surface area contributed by atoms with Crippen molar-refractivity contribution in [2.45, 2.75) is 226 Å². The Balaban J connectivity index is 4.81. The van der Waals surface area contributed by atoms with Crippen LogP contribution in [-0.2, 0) is 42.2 Å². The lowest BCUT2D eigenvalue weighted by Gasteiger charge is -2.21. The second-order valence-corrected chi connectivity index (χ2v) is 18.8. The van der Waals surface area contributed by atoms with Crippen LogP contribution in [0.5, 0.6) is 0 Å². The van der Waals surface area contributed by atoms with Gasteiger partial charge < -0.3 is 24.2 Å². The SMILES string of the molecule is CC/C=C\C/C=C\C/C=C\CCCCCC(=O)OC(CO)COP(=O)(O)OCC(COC(=O)CCCCCCC/C=C\C/C=C\CCC)OC(=O)CCCCCCC/C=C\C/C=C\CCCCC. The summed E-state index contributed by atoms with van der Waals surface area (Å²) in [7, 11) is -4.76. The predicted octanol–water partition coefficient (Wildman–Crippen LogP) is 15.1. The number of esters is 3. The first-order valence-electron chi connectivity index (χ1n) is 26.5. The summed E-state index contributed by atoms with van der Waals surface area (Å²) < 4.78 is 39.3. The van der Waals surface area contributed by atoms with Gasteiger partial charge in [0.25, 0.3) is 0 Å². The molecule has 0 aromatic rings. The van der Waals surface area contributed by atoms with Gasteiger partial charge in [0.1, 0.15) is 12.7 Å². The van der Waals surface area contributed by atoms with Crippen LogP contribution in [0.1, 0.15) is 213 Å². The summed E-state index contributed by atoms with van der Waals surface area (Å²) in [4.78, 5) is 48.3. The van der Waals surface area contributed by atoms with Crippen LogP contribution >= 0.6 is 7.82 Å². The third kappa shape index (κ3) is 47.7. The molecule has 0 saturated heterocycles. The molecule has 0 aliphatic carbocycles. The number of rotatable bonds is 48. The van der Waals surface area contributed by atoms with Crippen molar-refractivity contribution >= 4 is 25.7 Å². The van der Waals surface area contributed by atoms with Gasteiger partial charge in [-0.05, 0) is 109 Å². The molecule has 0 aliphatic heterocycles. The lowest BCUT2D eigenvalue weighted by Crippen LogP contribution is -2.30. The molecule has 0 amide bonds. The minimum Gasteiger partial charge on any atom is -0.462 e. The molecule has 0 aromatic carbocycles. The van der Waals surface area contributed by atoms with Gasteiger partial charge in [-0.1, -0.05) is 170 Å². The van der Waals surface area contributed by atoms with E-state index in [2.05, 4.69) is 106 Å². The third-order valence-corrected chi connectivity index (χ3v) is 11.7. The Morgan fingerprint density at radius 3 is 1.25 bits per heavy atom. The molecule has 11 nitrogen and oxygen atoms in total. The molecule has 0 bridgehead atoms. The molecule has 0 saturated carbocycles. The van der Waals surface area contributed by atoms with E-state index in [1.807, 2.05) is 0 Å². The number of carbonyl (C=O) groups is 3. The Kier molecular flexibility index (Phi) is 47.6. The first kappa shape index (κ1) is 64.7. The Morgan fingerprint density at radius 2 is 0.794 bits per heavy atom. The van der Waals surface area contributed by atoms with Crippen molar-refractivity contribution in [2.75, 3.05) is 26.4 Å². The van der Waals surface area contributed by atoms with E-state index in [-0.39, 0.29) is 25.9 Å². The Hall–Kier alpha value is -3.34. The van der Waals surface area contributed by atoms with E-state index < -0.39 is 57.8 Å². The van der Waals surface area contributed by atoms with Gasteiger partial charge in [-0.15, -0.1) is 0 Å². The predicted molar refractivity (Wildman–Crippen MR) is 279 cm³/mol. The van der Waals surface area contributed by atoms with Gasteiger partial charge in [0.05, 0.1) is 19.8 Å². The van der Waals surface area contributed by atoms with Gasteiger partial charge in [0.2, 0.25) is 0 Å². The zero-order chi connectivity index (χ0) is 49.9. The average Bonchev–Trinajstić information content (AvgIpc) is 3.32. The van der Waals surface area contributed by atoms with Gasteiger partial charge in [-0.3, -0.25) is 23.4 Å². The second-order valence-electron chi connectivity index (χ2n) is 17.3. The lowest BCUT2D eigenvalue weighted by molar-refractivity contribution is -0.161. The van der Waals surface area contributed by atoms with Gasteiger partial charge in [-0.25, -0.2) is 4.57 Å². The molecular weight excluding hydrogens is 880 g/mol. The monoisotopic (exact) mass is 975 g/mol. The van der Waals surface area contributed by atoms with E-state index >= 15 is 0 Å². The van der Waals surface area contributed by atoms with Crippen molar-refractivity contribution < 1.29 is 52.2 Å². The average molecular weight is 975 g/mol. The first-order chi connectivity index (χ1) is 33.2. The Bertz CT molecular complexity index is 1460. The number of ether oxygens (including phenoxy) is 3. The summed E-state index contributed by atoms with van der Waals surface area (Å²) >= 11 is 0. The fourth-order valence-corrected chi connectivity index (χ4v) is 7.51. The fourth-order valence-electron chi connectivity index (χ4n) is 6.73. The highest BCUT2D eigenvalue weighted by atomic mass is 31.2. The van der Waals surface area contributed by atoms with Crippen molar-refractivity contribution in [3.8, 4) is 0 Å². The highest BCUT2D eigenvalue weighted by Gasteiger charge is 2.28. The summed E-state index contributed by atoms with van der Waals surface area (Å²) in [6.07, 6.45) is 55.5. The molecule has 12 heteroatoms. The topological polar surface area (TPSA) is 155 Å². The van der Waals surface area contributed by atoms with Gasteiger partial charge in [-0.2, -0.15) is 0 Å². The molecule has 0 heterocycles. The number of phosphoric acid groups is 1. The smallest absolute Gasteiger partial charge is 0.462 e. The van der Waals surface area contributed by atoms with Crippen molar-refractivity contribution in [3.63, 3.8) is 0 Å². The van der Waals surface area contributed by atoms with E-state index in [0.29, 0.717) is 19.3 Å². The number of carbonyl (C=O) groups excluding carboxylic acids is 3. The maximum absolute atomic E-state index is 12.9. The quantitative estimate of drug-likeness (QED) is 0.0197. The van der Waals surface area contributed by atoms with Crippen LogP contribution in [0.15, 0.2) is 85.1 Å². The zero-order valence-electron chi connectivity index (χ0n) is 42.8. The van der Waals surface area contributed by atoms with E-state index in [4.69, 9.17) is 23.3 Å². The molecule has 2 N–H and O–H groups in total. The van der Waals surface area contributed by atoms with Crippen LogP contribution in [-0.4, -0.2) is 66.5 Å². The molecule has 0 aromatic heterocycles. The van der Waals surface area contributed by atoms with Crippen LogP contribution in [0.25, 0.3) is 0 Å². The molecule has 0 spiro atoms. The van der Waals surface area contributed by atoms with Crippen molar-refractivity contribution in [2.24, 2.45) is 0 Å². The van der Waals surface area contributed by atoms with Gasteiger partial charge in [0.15, 0.2) is 6.10 Å². The number of hydrogen-bond acceptors (Lipinski definition) is 10. The summed E-state index contributed by atoms with van der Waals surface area (Å²) in [5.41, 5.74) is 0. The number of unbranched alkanes of at least 4 members (excludes halogenated alkanes) is 17. The number of allylic oxidation sites excluding steroid dienone is 14. The molecule has 0 aliphatic rings. The second kappa shape index (κ2) is 50.1. The number of aliphatic hydroxyl groups is 1. The highest BCUT2D eigenvalue weighted by Crippen LogP contribution is 2.43. The van der Waals surface area contributed by atoms with E-state index in [1.54, 1.807) is 0 Å². The van der Waals surface area contributed by atoms with Crippen LogP contribution in [0.2, 0.25) is 0 Å². The molecule has 0 fully saturated rings. The maximum atomic E-state index is 12.9. The summed E-state index contributed by atoms with van der Waals surface area (Å²) in [5, 5.41) is 9.77. The molecule has 68 heavy (non-hydrogen) atoms. The van der Waals surface area contributed by atoms with Crippen LogP contribution in [0.3, 0.4) is 0 Å². The van der Waals surface area contributed by atoms with Crippen molar-refractivity contribution in [3.05, 3.63) is 85.1 Å². The molecular formula is C56H95O11P. The molecule has 3 unspecified atom stereocenters. The largest absolute Gasteiger partial charge is 0.472 e. The van der Waals surface area contributed by atoms with E-state index in [0.717, 1.165) is 128 Å². The molecule has 3 atom stereocenters. The van der Waals surface area contributed by atoms with Crippen LogP contribution in [0.4, 0.5) is 0 Å². The highest BCUT2D eigenvalue weighted by molar-refractivity contribution is 7.47.